The van der Waals surface area contributed by atoms with E-state index in [0.717, 1.165) is 37.8 Å². The minimum Gasteiger partial charge on any atom is -0.368 e. The minimum atomic E-state index is -0.320. The Morgan fingerprint density at radius 3 is 2.86 bits per heavy atom. The van der Waals surface area contributed by atoms with Crippen molar-refractivity contribution in [3.63, 3.8) is 0 Å². The molecule has 0 aliphatic carbocycles. The maximum absolute atomic E-state index is 13.6. The third kappa shape index (κ3) is 3.60. The number of hydrogen-bond donors (Lipinski definition) is 2. The number of rotatable bonds is 5. The van der Waals surface area contributed by atoms with Crippen LogP contribution in [0.5, 0.6) is 0 Å². The fourth-order valence-corrected chi connectivity index (χ4v) is 3.19. The summed E-state index contributed by atoms with van der Waals surface area (Å²) in [6.45, 7) is 2.77. The predicted octanol–water partition coefficient (Wildman–Crippen LogP) is 1.94. The first kappa shape index (κ1) is 15.9. The Labute approximate surface area is 125 Å². The summed E-state index contributed by atoms with van der Waals surface area (Å²) in [7, 11) is 0. The van der Waals surface area contributed by atoms with Gasteiger partial charge in [0.05, 0.1) is 12.1 Å². The van der Waals surface area contributed by atoms with Gasteiger partial charge in [-0.25, -0.2) is 4.39 Å². The molecule has 3 atom stereocenters. The first-order valence-electron chi connectivity index (χ1n) is 7.60. The number of primary amides is 1. The summed E-state index contributed by atoms with van der Waals surface area (Å²) in [5.74, 6) is -0.604. The summed E-state index contributed by atoms with van der Waals surface area (Å²) in [6, 6.07) is 5.83. The second kappa shape index (κ2) is 7.00. The van der Waals surface area contributed by atoms with Crippen LogP contribution in [0, 0.1) is 5.82 Å². The molecule has 1 aromatic rings. The highest BCUT2D eigenvalue weighted by atomic mass is 19.1. The third-order valence-electron chi connectivity index (χ3n) is 4.30. The van der Waals surface area contributed by atoms with Gasteiger partial charge in [-0.1, -0.05) is 25.5 Å². The van der Waals surface area contributed by atoms with E-state index in [1.807, 2.05) is 13.0 Å². The topological polar surface area (TPSA) is 72.3 Å². The van der Waals surface area contributed by atoms with E-state index in [4.69, 9.17) is 11.5 Å². The zero-order valence-electron chi connectivity index (χ0n) is 12.5. The number of carbonyl (C=O) groups excluding carboxylic acids is 1. The molecule has 5 heteroatoms. The Balaban J connectivity index is 2.36. The number of likely N-dealkylation sites (tertiary alicyclic amines) is 1. The average Bonchev–Trinajstić information content (AvgIpc) is 2.47. The quantitative estimate of drug-likeness (QED) is 0.871. The summed E-state index contributed by atoms with van der Waals surface area (Å²) in [5.41, 5.74) is 12.6. The number of piperidine rings is 1. The summed E-state index contributed by atoms with van der Waals surface area (Å²) in [6.07, 6.45) is 3.49. The summed E-state index contributed by atoms with van der Waals surface area (Å²) < 4.78 is 13.6. The second-order valence-corrected chi connectivity index (χ2v) is 5.72. The van der Waals surface area contributed by atoms with Crippen molar-refractivity contribution in [2.24, 2.45) is 11.5 Å². The number of nitrogens with two attached hydrogens (primary N) is 2. The Morgan fingerprint density at radius 2 is 2.24 bits per heavy atom. The number of hydrogen-bond acceptors (Lipinski definition) is 3. The molecule has 4 N–H and O–H groups in total. The molecule has 0 saturated carbocycles. The Morgan fingerprint density at radius 1 is 1.48 bits per heavy atom. The molecule has 1 aromatic carbocycles. The molecule has 0 radical (unpaired) electrons. The van der Waals surface area contributed by atoms with Gasteiger partial charge in [0.25, 0.3) is 0 Å². The predicted molar refractivity (Wildman–Crippen MR) is 80.9 cm³/mol. The van der Waals surface area contributed by atoms with Gasteiger partial charge in [0.2, 0.25) is 5.91 Å². The van der Waals surface area contributed by atoms with E-state index in [1.54, 1.807) is 6.07 Å². The van der Waals surface area contributed by atoms with Crippen LogP contribution in [-0.2, 0) is 4.79 Å². The van der Waals surface area contributed by atoms with E-state index in [9.17, 15) is 9.18 Å². The average molecular weight is 293 g/mol. The van der Waals surface area contributed by atoms with E-state index in [2.05, 4.69) is 4.90 Å². The first-order valence-corrected chi connectivity index (χ1v) is 7.60. The van der Waals surface area contributed by atoms with Crippen molar-refractivity contribution in [1.82, 2.24) is 4.90 Å². The molecule has 1 saturated heterocycles. The van der Waals surface area contributed by atoms with E-state index < -0.39 is 0 Å². The normalized spacial score (nSPS) is 22.7. The first-order chi connectivity index (χ1) is 10.0. The Kier molecular flexibility index (Phi) is 5.31. The van der Waals surface area contributed by atoms with Crippen LogP contribution < -0.4 is 11.5 Å². The maximum atomic E-state index is 13.6. The molecule has 1 heterocycles. The van der Waals surface area contributed by atoms with Crippen LogP contribution in [0.1, 0.15) is 44.2 Å². The van der Waals surface area contributed by atoms with Gasteiger partial charge in [-0.2, -0.15) is 0 Å². The molecule has 116 valence electrons. The van der Waals surface area contributed by atoms with Gasteiger partial charge in [-0.05, 0) is 43.5 Å². The SMILES string of the molecule is CCC(N)C(c1cccc(F)c1)N1CCCCC1C(N)=O. The number of nitrogens with zero attached hydrogens (tertiary/aromatic N) is 1. The van der Waals surface area contributed by atoms with E-state index in [0.29, 0.717) is 0 Å². The maximum Gasteiger partial charge on any atom is 0.234 e. The molecule has 1 fully saturated rings. The molecule has 0 aromatic heterocycles. The van der Waals surface area contributed by atoms with Crippen LogP contribution in [0.2, 0.25) is 0 Å². The number of benzene rings is 1. The molecule has 1 aliphatic rings. The lowest BCUT2D eigenvalue weighted by molar-refractivity contribution is -0.125. The summed E-state index contributed by atoms with van der Waals surface area (Å²) in [4.78, 5) is 13.8. The zero-order chi connectivity index (χ0) is 15.4. The second-order valence-electron chi connectivity index (χ2n) is 5.72. The molecule has 2 rings (SSSR count). The lowest BCUT2D eigenvalue weighted by Gasteiger charge is -2.42. The van der Waals surface area contributed by atoms with Crippen molar-refractivity contribution >= 4 is 5.91 Å². The van der Waals surface area contributed by atoms with Crippen LogP contribution >= 0.6 is 0 Å². The molecule has 0 spiro atoms. The van der Waals surface area contributed by atoms with Crippen molar-refractivity contribution in [3.05, 3.63) is 35.6 Å². The van der Waals surface area contributed by atoms with Crippen LogP contribution in [-0.4, -0.2) is 29.4 Å². The Hall–Kier alpha value is -1.46. The van der Waals surface area contributed by atoms with Crippen molar-refractivity contribution in [1.29, 1.82) is 0 Å². The molecule has 4 nitrogen and oxygen atoms in total. The van der Waals surface area contributed by atoms with Crippen molar-refractivity contribution < 1.29 is 9.18 Å². The van der Waals surface area contributed by atoms with E-state index in [-0.39, 0.29) is 29.8 Å². The monoisotopic (exact) mass is 293 g/mol. The van der Waals surface area contributed by atoms with Gasteiger partial charge < -0.3 is 11.5 Å². The van der Waals surface area contributed by atoms with Gasteiger partial charge in [0, 0.05) is 6.04 Å². The van der Waals surface area contributed by atoms with Crippen molar-refractivity contribution in [2.45, 2.75) is 50.7 Å². The van der Waals surface area contributed by atoms with E-state index >= 15 is 0 Å². The fraction of sp³-hybridized carbons (Fsp3) is 0.562. The van der Waals surface area contributed by atoms with E-state index in [1.165, 1.54) is 12.1 Å². The smallest absolute Gasteiger partial charge is 0.234 e. The molecule has 3 unspecified atom stereocenters. The van der Waals surface area contributed by atoms with Gasteiger partial charge in [0.1, 0.15) is 5.82 Å². The highest BCUT2D eigenvalue weighted by Crippen LogP contribution is 2.31. The Bertz CT molecular complexity index is 494. The standard InChI is InChI=1S/C16H24FN3O/c1-2-13(18)15(11-6-5-7-12(17)10-11)20-9-4-3-8-14(20)16(19)21/h5-7,10,13-15H,2-4,8-9,18H2,1H3,(H2,19,21). The van der Waals surface area contributed by atoms with Crippen LogP contribution in [0.4, 0.5) is 4.39 Å². The molecular weight excluding hydrogens is 269 g/mol. The van der Waals surface area contributed by atoms with Gasteiger partial charge in [-0.3, -0.25) is 9.69 Å². The van der Waals surface area contributed by atoms with Gasteiger partial charge in [-0.15, -0.1) is 0 Å². The van der Waals surface area contributed by atoms with Gasteiger partial charge in [0.15, 0.2) is 0 Å². The molecule has 1 amide bonds. The molecular formula is C16H24FN3O. The zero-order valence-corrected chi connectivity index (χ0v) is 12.5. The lowest BCUT2D eigenvalue weighted by atomic mass is 9.91. The summed E-state index contributed by atoms with van der Waals surface area (Å²) >= 11 is 0. The largest absolute Gasteiger partial charge is 0.368 e. The minimum absolute atomic E-state index is 0.160. The number of halogens is 1. The number of amides is 1. The molecule has 0 bridgehead atoms. The van der Waals surface area contributed by atoms with Crippen LogP contribution in [0.25, 0.3) is 0 Å². The van der Waals surface area contributed by atoms with Crippen LogP contribution in [0.15, 0.2) is 24.3 Å². The molecule has 21 heavy (non-hydrogen) atoms. The van der Waals surface area contributed by atoms with Crippen LogP contribution in [0.3, 0.4) is 0 Å². The number of carbonyl (C=O) groups is 1. The van der Waals surface area contributed by atoms with Gasteiger partial charge >= 0.3 is 0 Å². The van der Waals surface area contributed by atoms with Crippen molar-refractivity contribution in [2.75, 3.05) is 6.54 Å². The molecule has 1 aliphatic heterocycles. The highest BCUT2D eigenvalue weighted by molar-refractivity contribution is 5.80. The third-order valence-corrected chi connectivity index (χ3v) is 4.30. The fourth-order valence-electron chi connectivity index (χ4n) is 3.19. The van der Waals surface area contributed by atoms with Crippen molar-refractivity contribution in [3.8, 4) is 0 Å². The summed E-state index contributed by atoms with van der Waals surface area (Å²) in [5, 5.41) is 0. The highest BCUT2D eigenvalue weighted by Gasteiger charge is 2.35. The lowest BCUT2D eigenvalue weighted by Crippen LogP contribution is -2.53.